The first-order chi connectivity index (χ1) is 7.52. The van der Waals surface area contributed by atoms with E-state index in [0.29, 0.717) is 12.5 Å². The van der Waals surface area contributed by atoms with E-state index in [9.17, 15) is 0 Å². The van der Waals surface area contributed by atoms with Gasteiger partial charge >= 0.3 is 0 Å². The van der Waals surface area contributed by atoms with Gasteiger partial charge in [-0.25, -0.2) is 0 Å². The Labute approximate surface area is 97.8 Å². The van der Waals surface area contributed by atoms with Crippen molar-refractivity contribution in [1.29, 1.82) is 0 Å². The molecule has 4 heteroatoms. The predicted molar refractivity (Wildman–Crippen MR) is 65.0 cm³/mol. The van der Waals surface area contributed by atoms with E-state index in [-0.39, 0.29) is 12.2 Å². The van der Waals surface area contributed by atoms with Gasteiger partial charge in [0.1, 0.15) is 0 Å². The molecule has 0 aliphatic rings. The molecular formula is C12H23N3O. The number of nitrogens with zero attached hydrogens (tertiary/aromatic N) is 2. The van der Waals surface area contributed by atoms with E-state index in [1.807, 2.05) is 19.4 Å². The van der Waals surface area contributed by atoms with Crippen molar-refractivity contribution in [2.75, 3.05) is 6.54 Å². The Kier molecular flexibility index (Phi) is 4.96. The van der Waals surface area contributed by atoms with Crippen molar-refractivity contribution in [3.05, 3.63) is 18.0 Å². The topological polar surface area (TPSA) is 53.1 Å². The molecular weight excluding hydrogens is 202 g/mol. The van der Waals surface area contributed by atoms with Crippen LogP contribution < -0.4 is 5.73 Å². The monoisotopic (exact) mass is 225 g/mol. The van der Waals surface area contributed by atoms with Crippen LogP contribution in [0, 0.1) is 5.92 Å². The fourth-order valence-corrected chi connectivity index (χ4v) is 1.88. The van der Waals surface area contributed by atoms with E-state index in [2.05, 4.69) is 25.9 Å². The Hall–Kier alpha value is -0.870. The lowest BCUT2D eigenvalue weighted by Crippen LogP contribution is -2.21. The third kappa shape index (κ3) is 3.94. The molecule has 2 N–H and O–H groups in total. The highest BCUT2D eigenvalue weighted by Gasteiger charge is 2.16. The van der Waals surface area contributed by atoms with E-state index in [4.69, 9.17) is 10.5 Å². The summed E-state index contributed by atoms with van der Waals surface area (Å²) in [6.45, 7) is 6.98. The minimum atomic E-state index is -0.0394. The summed E-state index contributed by atoms with van der Waals surface area (Å²) in [4.78, 5) is 0. The van der Waals surface area contributed by atoms with Gasteiger partial charge in [0.15, 0.2) is 0 Å². The molecule has 2 unspecified atom stereocenters. The highest BCUT2D eigenvalue weighted by molar-refractivity contribution is 5.08. The standard InChI is InChI=1S/C12H23N3O/c1-9(2)5-10(3)16-12(6-13)11-7-14-15(4)8-11/h7-10,12H,5-6,13H2,1-4H3. The number of hydrogen-bond donors (Lipinski definition) is 1. The molecule has 2 atom stereocenters. The van der Waals surface area contributed by atoms with Gasteiger partial charge in [-0.05, 0) is 19.3 Å². The third-order valence-electron chi connectivity index (χ3n) is 2.51. The minimum Gasteiger partial charge on any atom is -0.369 e. The van der Waals surface area contributed by atoms with Gasteiger partial charge in [0.05, 0.1) is 18.4 Å². The molecule has 1 rings (SSSR count). The predicted octanol–water partition coefficient (Wildman–Crippen LogP) is 1.87. The molecule has 92 valence electrons. The molecule has 0 aliphatic heterocycles. The molecule has 1 aromatic heterocycles. The SMILES string of the molecule is CC(C)CC(C)OC(CN)c1cnn(C)c1. The number of hydrogen-bond acceptors (Lipinski definition) is 3. The summed E-state index contributed by atoms with van der Waals surface area (Å²) in [6, 6.07) is 0. The molecule has 0 amide bonds. The number of ether oxygens (including phenoxy) is 1. The first-order valence-corrected chi connectivity index (χ1v) is 5.87. The first-order valence-electron chi connectivity index (χ1n) is 5.87. The van der Waals surface area contributed by atoms with Crippen molar-refractivity contribution in [3.63, 3.8) is 0 Å². The molecule has 0 saturated carbocycles. The average molecular weight is 225 g/mol. The lowest BCUT2D eigenvalue weighted by molar-refractivity contribution is -0.00843. The van der Waals surface area contributed by atoms with E-state index in [1.54, 1.807) is 4.68 Å². The van der Waals surface area contributed by atoms with Crippen LogP contribution in [0.3, 0.4) is 0 Å². The van der Waals surface area contributed by atoms with E-state index < -0.39 is 0 Å². The van der Waals surface area contributed by atoms with Crippen LogP contribution in [0.2, 0.25) is 0 Å². The lowest BCUT2D eigenvalue weighted by Gasteiger charge is -2.21. The van der Waals surface area contributed by atoms with Crippen LogP contribution >= 0.6 is 0 Å². The number of aromatic nitrogens is 2. The van der Waals surface area contributed by atoms with Gasteiger partial charge < -0.3 is 10.5 Å². The summed E-state index contributed by atoms with van der Waals surface area (Å²) in [5.74, 6) is 0.641. The molecule has 0 radical (unpaired) electrons. The van der Waals surface area contributed by atoms with Gasteiger partial charge in [-0.1, -0.05) is 13.8 Å². The van der Waals surface area contributed by atoms with Crippen molar-refractivity contribution in [1.82, 2.24) is 9.78 Å². The largest absolute Gasteiger partial charge is 0.369 e. The molecule has 0 aromatic carbocycles. The van der Waals surface area contributed by atoms with Crippen LogP contribution in [-0.2, 0) is 11.8 Å². The zero-order valence-electron chi connectivity index (χ0n) is 10.7. The van der Waals surface area contributed by atoms with Gasteiger partial charge in [-0.2, -0.15) is 5.10 Å². The summed E-state index contributed by atoms with van der Waals surface area (Å²) in [7, 11) is 1.90. The lowest BCUT2D eigenvalue weighted by atomic mass is 10.1. The zero-order chi connectivity index (χ0) is 12.1. The van der Waals surface area contributed by atoms with E-state index in [0.717, 1.165) is 12.0 Å². The average Bonchev–Trinajstić information content (AvgIpc) is 2.60. The van der Waals surface area contributed by atoms with Crippen LogP contribution in [0.4, 0.5) is 0 Å². The highest BCUT2D eigenvalue weighted by Crippen LogP contribution is 2.20. The van der Waals surface area contributed by atoms with E-state index >= 15 is 0 Å². The van der Waals surface area contributed by atoms with Crippen LogP contribution in [0.15, 0.2) is 12.4 Å². The van der Waals surface area contributed by atoms with Crippen LogP contribution in [0.25, 0.3) is 0 Å². The number of nitrogens with two attached hydrogens (primary N) is 1. The van der Waals surface area contributed by atoms with Crippen LogP contribution in [-0.4, -0.2) is 22.4 Å². The highest BCUT2D eigenvalue weighted by atomic mass is 16.5. The molecule has 16 heavy (non-hydrogen) atoms. The molecule has 1 heterocycles. The quantitative estimate of drug-likeness (QED) is 0.804. The molecule has 1 aromatic rings. The van der Waals surface area contributed by atoms with Crippen LogP contribution in [0.1, 0.15) is 38.9 Å². The number of aryl methyl sites for hydroxylation is 1. The fourth-order valence-electron chi connectivity index (χ4n) is 1.88. The third-order valence-corrected chi connectivity index (χ3v) is 2.51. The Balaban J connectivity index is 2.55. The van der Waals surface area contributed by atoms with Gasteiger partial charge in [0.25, 0.3) is 0 Å². The second-order valence-electron chi connectivity index (χ2n) is 4.75. The van der Waals surface area contributed by atoms with Gasteiger partial charge in [0.2, 0.25) is 0 Å². The summed E-state index contributed by atoms with van der Waals surface area (Å²) in [6.07, 6.45) is 5.02. The molecule has 0 fully saturated rings. The Morgan fingerprint density at radius 1 is 1.44 bits per heavy atom. The zero-order valence-corrected chi connectivity index (χ0v) is 10.7. The summed E-state index contributed by atoms with van der Waals surface area (Å²) in [5, 5.41) is 4.13. The van der Waals surface area contributed by atoms with Gasteiger partial charge in [-0.3, -0.25) is 4.68 Å². The molecule has 0 spiro atoms. The summed E-state index contributed by atoms with van der Waals surface area (Å²) >= 11 is 0. The molecule has 0 bridgehead atoms. The van der Waals surface area contributed by atoms with E-state index in [1.165, 1.54) is 0 Å². The Bertz CT molecular complexity index is 309. The smallest absolute Gasteiger partial charge is 0.0980 e. The first kappa shape index (κ1) is 13.2. The van der Waals surface area contributed by atoms with Crippen molar-refractivity contribution in [3.8, 4) is 0 Å². The Morgan fingerprint density at radius 2 is 2.12 bits per heavy atom. The second-order valence-corrected chi connectivity index (χ2v) is 4.75. The van der Waals surface area contributed by atoms with Gasteiger partial charge in [-0.15, -0.1) is 0 Å². The summed E-state index contributed by atoms with van der Waals surface area (Å²) < 4.78 is 7.70. The molecule has 0 saturated heterocycles. The summed E-state index contributed by atoms with van der Waals surface area (Å²) in [5.41, 5.74) is 6.79. The maximum Gasteiger partial charge on any atom is 0.0980 e. The maximum atomic E-state index is 5.93. The van der Waals surface area contributed by atoms with Crippen molar-refractivity contribution in [2.45, 2.75) is 39.4 Å². The fraction of sp³-hybridized carbons (Fsp3) is 0.750. The second kappa shape index (κ2) is 6.01. The number of rotatable bonds is 6. The van der Waals surface area contributed by atoms with Gasteiger partial charge in [0, 0.05) is 25.4 Å². The van der Waals surface area contributed by atoms with Crippen molar-refractivity contribution >= 4 is 0 Å². The molecule has 4 nitrogen and oxygen atoms in total. The van der Waals surface area contributed by atoms with Crippen molar-refractivity contribution in [2.24, 2.45) is 18.7 Å². The Morgan fingerprint density at radius 3 is 2.56 bits per heavy atom. The minimum absolute atomic E-state index is 0.0394. The molecule has 0 aliphatic carbocycles. The normalized spacial score (nSPS) is 15.4. The maximum absolute atomic E-state index is 5.93. The van der Waals surface area contributed by atoms with Crippen LogP contribution in [0.5, 0.6) is 0 Å². The van der Waals surface area contributed by atoms with Crippen molar-refractivity contribution < 1.29 is 4.74 Å².